The molecule has 3 saturated carbocycles. The number of hydrogen-bond acceptors (Lipinski definition) is 16. The van der Waals surface area contributed by atoms with Gasteiger partial charge in [0.1, 0.15) is 11.8 Å². The Morgan fingerprint density at radius 1 is 0.934 bits per heavy atom. The third kappa shape index (κ3) is 13.0. The van der Waals surface area contributed by atoms with Crippen molar-refractivity contribution in [3.05, 3.63) is 73.9 Å². The molecule has 334 valence electrons. The number of ether oxygens (including phenoxy) is 3. The number of rotatable bonds is 19. The molecule has 0 bridgehead atoms. The molecule has 0 aliphatic heterocycles. The number of hydrogen-bond donors (Lipinski definition) is 3. The normalized spacial score (nSPS) is 26.3. The first-order valence-electron chi connectivity index (χ1n) is 20.1. The number of Topliss-reactive ketones (excluding diaryl/α,β-unsaturated/α-hetero) is 1. The van der Waals surface area contributed by atoms with Crippen LogP contribution in [0, 0.1) is 54.7 Å². The lowest BCUT2D eigenvalue weighted by molar-refractivity contribution is -0.757. The van der Waals surface area contributed by atoms with Gasteiger partial charge in [0.2, 0.25) is 5.91 Å². The van der Waals surface area contributed by atoms with Crippen LogP contribution < -0.4 is 10.1 Å². The maximum absolute atomic E-state index is 13.5. The van der Waals surface area contributed by atoms with Crippen LogP contribution in [-0.4, -0.2) is 94.5 Å². The molecule has 5 rings (SSSR count). The second-order valence-corrected chi connectivity index (χ2v) is 16.1. The SMILES string of the molecule is CC(=O)NC(Cc1ccc(OC(=O)OCC(=O)C2CCC3C4CCC5=CC(=O)C=CC5(C)C4C(O)CC23C)cc1)C(=O)OCCCCO[N+](=O)[O-].O=C(O)CCCO[N+](=O)[O-]. The van der Waals surface area contributed by atoms with E-state index in [9.17, 15) is 54.1 Å². The highest BCUT2D eigenvalue weighted by atomic mass is 17.0. The first-order chi connectivity index (χ1) is 28.8. The summed E-state index contributed by atoms with van der Waals surface area (Å²) < 4.78 is 15.7. The number of carboxylic acid groups (broad SMARTS) is 1. The molecule has 4 aliphatic carbocycles. The summed E-state index contributed by atoms with van der Waals surface area (Å²) in [6, 6.07) is 5.22. The van der Waals surface area contributed by atoms with Crippen molar-refractivity contribution >= 4 is 35.6 Å². The minimum absolute atomic E-state index is 0.00315. The van der Waals surface area contributed by atoms with Crippen molar-refractivity contribution in [2.45, 2.75) is 97.1 Å². The lowest BCUT2D eigenvalue weighted by atomic mass is 9.46. The molecule has 1 aromatic rings. The number of carbonyl (C=O) groups is 6. The molecule has 61 heavy (non-hydrogen) atoms. The molecular weight excluding hydrogens is 806 g/mol. The van der Waals surface area contributed by atoms with Gasteiger partial charge in [-0.05, 0) is 98.5 Å². The van der Waals surface area contributed by atoms with Crippen molar-refractivity contribution in [2.24, 2.45) is 34.5 Å². The maximum atomic E-state index is 13.5. The second kappa shape index (κ2) is 21.6. The highest BCUT2D eigenvalue weighted by Crippen LogP contribution is 2.66. The molecule has 0 saturated heterocycles. The molecule has 0 heterocycles. The number of amides is 1. The zero-order valence-corrected chi connectivity index (χ0v) is 34.3. The van der Waals surface area contributed by atoms with Gasteiger partial charge in [-0.1, -0.05) is 37.6 Å². The lowest BCUT2D eigenvalue weighted by Crippen LogP contribution is -2.56. The van der Waals surface area contributed by atoms with Crippen LogP contribution in [0.5, 0.6) is 5.75 Å². The van der Waals surface area contributed by atoms with Crippen molar-refractivity contribution in [1.82, 2.24) is 5.32 Å². The van der Waals surface area contributed by atoms with E-state index in [0.717, 1.165) is 24.8 Å². The van der Waals surface area contributed by atoms with Crippen LogP contribution in [0.4, 0.5) is 4.79 Å². The van der Waals surface area contributed by atoms with E-state index in [2.05, 4.69) is 28.8 Å². The smallest absolute Gasteiger partial charge is 0.481 e. The fourth-order valence-corrected chi connectivity index (χ4v) is 9.56. The zero-order chi connectivity index (χ0) is 44.9. The number of ketones is 2. The van der Waals surface area contributed by atoms with Gasteiger partial charge < -0.3 is 39.4 Å². The number of esters is 1. The third-order valence-electron chi connectivity index (χ3n) is 12.2. The molecule has 8 unspecified atom stereocenters. The molecule has 8 atom stereocenters. The Kier molecular flexibility index (Phi) is 16.9. The van der Waals surface area contributed by atoms with Gasteiger partial charge in [0, 0.05) is 37.0 Å². The number of unbranched alkanes of at least 4 members (excludes halogenated alkanes) is 1. The average Bonchev–Trinajstić information content (AvgIpc) is 3.53. The first-order valence-corrected chi connectivity index (χ1v) is 20.1. The number of aliphatic hydroxyl groups is 1. The van der Waals surface area contributed by atoms with Gasteiger partial charge in [0.05, 0.1) is 25.9 Å². The summed E-state index contributed by atoms with van der Waals surface area (Å²) in [7, 11) is 0. The fourth-order valence-electron chi connectivity index (χ4n) is 9.56. The number of fused-ring (bicyclic) bond motifs is 5. The second-order valence-electron chi connectivity index (χ2n) is 16.1. The number of nitrogens with zero attached hydrogens (tertiary/aromatic N) is 2. The summed E-state index contributed by atoms with van der Waals surface area (Å²) in [5, 5.41) is 40.0. The van der Waals surface area contributed by atoms with Crippen LogP contribution in [0.25, 0.3) is 0 Å². The summed E-state index contributed by atoms with van der Waals surface area (Å²) in [6.45, 7) is 4.73. The van der Waals surface area contributed by atoms with E-state index < -0.39 is 58.3 Å². The van der Waals surface area contributed by atoms with Crippen LogP contribution in [0.1, 0.15) is 84.1 Å². The Balaban J connectivity index is 0.000000727. The molecule has 0 aromatic heterocycles. The summed E-state index contributed by atoms with van der Waals surface area (Å²) in [4.78, 5) is 100. The number of allylic oxidation sites excluding steroid dienone is 4. The van der Waals surface area contributed by atoms with Crippen LogP contribution in [-0.2, 0) is 49.5 Å². The van der Waals surface area contributed by atoms with Gasteiger partial charge in [0.25, 0.3) is 10.2 Å². The monoisotopic (exact) mass is 859 g/mol. The van der Waals surface area contributed by atoms with Gasteiger partial charge >= 0.3 is 18.1 Å². The number of benzene rings is 1. The molecular formula is C41H53N3O17. The summed E-state index contributed by atoms with van der Waals surface area (Å²) in [5.74, 6) is -2.12. The minimum atomic E-state index is -1.04. The fraction of sp³-hybridized carbons (Fsp3) is 0.610. The highest BCUT2D eigenvalue weighted by Gasteiger charge is 2.62. The van der Waals surface area contributed by atoms with Crippen LogP contribution in [0.2, 0.25) is 0 Å². The maximum Gasteiger partial charge on any atom is 0.514 e. The quantitative estimate of drug-likeness (QED) is 0.0574. The number of aliphatic carboxylic acids is 1. The predicted molar refractivity (Wildman–Crippen MR) is 209 cm³/mol. The van der Waals surface area contributed by atoms with Gasteiger partial charge in [-0.25, -0.2) is 9.59 Å². The average molecular weight is 860 g/mol. The molecule has 3 fully saturated rings. The van der Waals surface area contributed by atoms with Crippen LogP contribution in [0.15, 0.2) is 48.1 Å². The third-order valence-corrected chi connectivity index (χ3v) is 12.2. The Morgan fingerprint density at radius 2 is 1.59 bits per heavy atom. The Bertz CT molecular complexity index is 1850. The first kappa shape index (κ1) is 47.8. The van der Waals surface area contributed by atoms with Crippen molar-refractivity contribution in [1.29, 1.82) is 0 Å². The molecule has 20 nitrogen and oxygen atoms in total. The standard InChI is InChI=1S/C37H46N2O12.C4H7NO5/c1-22(40)38-30(34(44)48-16-4-5-17-50-39(46)47)18-23-6-9-26(10-7-23)51-35(45)49-21-32(43)29-13-12-28-27-11-8-24-19-25(41)14-15-36(24,2)33(27)31(42)20-37(28,29)3;6-4(7)2-1-3-10-5(8)9/h6-7,9-10,14-15,19,27-31,33,42H,4-5,8,11-13,16-18,20-21H2,1-3H3,(H,38,40);1-3H2,(H,6,7). The minimum Gasteiger partial charge on any atom is -0.481 e. The molecule has 0 spiro atoms. The molecule has 4 aliphatic rings. The van der Waals surface area contributed by atoms with E-state index in [1.54, 1.807) is 24.3 Å². The highest BCUT2D eigenvalue weighted by molar-refractivity contribution is 6.01. The van der Waals surface area contributed by atoms with Crippen LogP contribution in [0.3, 0.4) is 0 Å². The van der Waals surface area contributed by atoms with E-state index in [1.807, 2.05) is 6.08 Å². The van der Waals surface area contributed by atoms with Gasteiger partial charge in [-0.2, -0.15) is 0 Å². The number of aliphatic hydroxyl groups excluding tert-OH is 1. The van der Waals surface area contributed by atoms with Gasteiger partial charge in [0.15, 0.2) is 18.2 Å². The molecule has 20 heteroatoms. The summed E-state index contributed by atoms with van der Waals surface area (Å²) in [5.41, 5.74) is 0.885. The van der Waals surface area contributed by atoms with Crippen molar-refractivity contribution in [3.63, 3.8) is 0 Å². The number of carboxylic acids is 1. The molecule has 0 radical (unpaired) electrons. The van der Waals surface area contributed by atoms with Gasteiger partial charge in [-0.3, -0.25) is 19.2 Å². The van der Waals surface area contributed by atoms with E-state index in [-0.39, 0.29) is 85.5 Å². The van der Waals surface area contributed by atoms with Crippen molar-refractivity contribution in [2.75, 3.05) is 26.4 Å². The topological polar surface area (TPSA) is 287 Å². The van der Waals surface area contributed by atoms with E-state index in [1.165, 1.54) is 19.1 Å². The number of nitrogens with one attached hydrogen (secondary N) is 1. The lowest BCUT2D eigenvalue weighted by Gasteiger charge is -2.58. The van der Waals surface area contributed by atoms with E-state index >= 15 is 0 Å². The number of carbonyl (C=O) groups excluding carboxylic acids is 5. The Hall–Kier alpha value is -5.92. The Labute approximate surface area is 351 Å². The summed E-state index contributed by atoms with van der Waals surface area (Å²) >= 11 is 0. The Morgan fingerprint density at radius 3 is 2.23 bits per heavy atom. The molecule has 1 aromatic carbocycles. The molecule has 1 amide bonds. The predicted octanol–water partition coefficient (Wildman–Crippen LogP) is 4.30. The zero-order valence-electron chi connectivity index (χ0n) is 34.3. The largest absolute Gasteiger partial charge is 0.514 e. The van der Waals surface area contributed by atoms with Crippen molar-refractivity contribution < 1.29 is 73.0 Å². The van der Waals surface area contributed by atoms with E-state index in [0.29, 0.717) is 31.2 Å². The van der Waals surface area contributed by atoms with E-state index in [4.69, 9.17) is 19.3 Å². The van der Waals surface area contributed by atoms with Gasteiger partial charge in [-0.15, -0.1) is 20.2 Å². The summed E-state index contributed by atoms with van der Waals surface area (Å²) in [6.07, 6.45) is 8.01. The van der Waals surface area contributed by atoms with Crippen molar-refractivity contribution in [3.8, 4) is 5.75 Å². The molecule has 3 N–H and O–H groups in total. The van der Waals surface area contributed by atoms with Crippen LogP contribution >= 0.6 is 0 Å².